The van der Waals surface area contributed by atoms with E-state index in [-0.39, 0.29) is 6.10 Å². The van der Waals surface area contributed by atoms with Crippen molar-refractivity contribution in [1.82, 2.24) is 4.98 Å². The molecule has 1 saturated heterocycles. The number of ether oxygens (including phenoxy) is 1. The van der Waals surface area contributed by atoms with Gasteiger partial charge < -0.3 is 15.4 Å². The Balaban J connectivity index is 2.19. The zero-order chi connectivity index (χ0) is 12.4. The molecule has 0 spiro atoms. The van der Waals surface area contributed by atoms with E-state index in [0.717, 1.165) is 30.1 Å². The van der Waals surface area contributed by atoms with Crippen LogP contribution in [0.1, 0.15) is 24.6 Å². The fourth-order valence-corrected chi connectivity index (χ4v) is 2.39. The Morgan fingerprint density at radius 1 is 1.53 bits per heavy atom. The summed E-state index contributed by atoms with van der Waals surface area (Å²) in [6, 6.07) is 4.53. The predicted octanol–water partition coefficient (Wildman–Crippen LogP) is 1.46. The summed E-state index contributed by atoms with van der Waals surface area (Å²) in [5.41, 5.74) is 7.77. The molecule has 1 aromatic heterocycles. The van der Waals surface area contributed by atoms with Gasteiger partial charge in [0, 0.05) is 25.9 Å². The van der Waals surface area contributed by atoms with Crippen LogP contribution in [0.5, 0.6) is 0 Å². The number of pyridine rings is 1. The van der Waals surface area contributed by atoms with E-state index in [9.17, 15) is 0 Å². The molecular formula is C13H21N3O. The lowest BCUT2D eigenvalue weighted by molar-refractivity contribution is 0.118. The van der Waals surface area contributed by atoms with Crippen LogP contribution < -0.4 is 10.6 Å². The van der Waals surface area contributed by atoms with Crippen LogP contribution in [0.15, 0.2) is 12.1 Å². The van der Waals surface area contributed by atoms with E-state index in [4.69, 9.17) is 10.5 Å². The second kappa shape index (κ2) is 5.02. The lowest BCUT2D eigenvalue weighted by Crippen LogP contribution is -2.37. The molecule has 0 radical (unpaired) electrons. The Kier molecular flexibility index (Phi) is 3.64. The van der Waals surface area contributed by atoms with Crippen molar-refractivity contribution in [3.8, 4) is 0 Å². The lowest BCUT2D eigenvalue weighted by atomic mass is 10.1. The molecule has 1 aromatic rings. The number of hydrogen-bond donors (Lipinski definition) is 1. The summed E-state index contributed by atoms with van der Waals surface area (Å²) in [6.45, 7) is 5.52. The number of likely N-dealkylation sites (N-methyl/N-ethyl adjacent to an activating group) is 1. The minimum atomic E-state index is 0.274. The zero-order valence-electron chi connectivity index (χ0n) is 10.8. The molecule has 2 rings (SSSR count). The molecular weight excluding hydrogens is 214 g/mol. The molecule has 0 aromatic carbocycles. The maximum Gasteiger partial charge on any atom is 0.128 e. The first-order chi connectivity index (χ1) is 8.13. The number of nitrogens with zero attached hydrogens (tertiary/aromatic N) is 2. The van der Waals surface area contributed by atoms with E-state index in [1.54, 1.807) is 0 Å². The third-order valence-electron chi connectivity index (χ3n) is 3.60. The maximum absolute atomic E-state index is 5.65. The topological polar surface area (TPSA) is 51.4 Å². The van der Waals surface area contributed by atoms with E-state index in [0.29, 0.717) is 12.6 Å². The molecule has 4 nitrogen and oxygen atoms in total. The minimum absolute atomic E-state index is 0.274. The normalized spacial score (nSPS) is 24.0. The summed E-state index contributed by atoms with van der Waals surface area (Å²) in [4.78, 5) is 6.83. The van der Waals surface area contributed by atoms with Crippen LogP contribution in [0, 0.1) is 6.92 Å². The highest BCUT2D eigenvalue weighted by atomic mass is 16.5. The third kappa shape index (κ3) is 2.42. The monoisotopic (exact) mass is 235 g/mol. The fourth-order valence-electron chi connectivity index (χ4n) is 2.39. The first-order valence-electron chi connectivity index (χ1n) is 6.14. The third-order valence-corrected chi connectivity index (χ3v) is 3.60. The van der Waals surface area contributed by atoms with Crippen LogP contribution in [-0.4, -0.2) is 30.8 Å². The molecule has 94 valence electrons. The van der Waals surface area contributed by atoms with Crippen molar-refractivity contribution in [3.05, 3.63) is 23.4 Å². The van der Waals surface area contributed by atoms with Gasteiger partial charge in [0.15, 0.2) is 0 Å². The largest absolute Gasteiger partial charge is 0.376 e. The van der Waals surface area contributed by atoms with E-state index >= 15 is 0 Å². The van der Waals surface area contributed by atoms with E-state index in [2.05, 4.69) is 29.9 Å². The molecule has 2 atom stereocenters. The molecule has 2 N–H and O–H groups in total. The first kappa shape index (κ1) is 12.3. The smallest absolute Gasteiger partial charge is 0.128 e. The van der Waals surface area contributed by atoms with Gasteiger partial charge in [-0.1, -0.05) is 6.07 Å². The summed E-state index contributed by atoms with van der Waals surface area (Å²) in [6.07, 6.45) is 1.34. The molecule has 1 aliphatic rings. The Bertz CT molecular complexity index is 394. The zero-order valence-corrected chi connectivity index (χ0v) is 10.8. The van der Waals surface area contributed by atoms with Crippen molar-refractivity contribution >= 4 is 5.82 Å². The van der Waals surface area contributed by atoms with Gasteiger partial charge in [-0.05, 0) is 31.9 Å². The van der Waals surface area contributed by atoms with Gasteiger partial charge in [-0.3, -0.25) is 0 Å². The number of aryl methyl sites for hydroxylation is 1. The van der Waals surface area contributed by atoms with Crippen molar-refractivity contribution in [2.24, 2.45) is 5.73 Å². The summed E-state index contributed by atoms with van der Waals surface area (Å²) in [7, 11) is 2.08. The number of anilines is 1. The molecule has 0 aliphatic carbocycles. The van der Waals surface area contributed by atoms with Crippen LogP contribution in [0.2, 0.25) is 0 Å². The fraction of sp³-hybridized carbons (Fsp3) is 0.615. The standard InChI is InChI=1S/C13H21N3O/c1-9-11(8-14)4-5-13(15-9)16(3)12-6-7-17-10(12)2/h4-5,10,12H,6-8,14H2,1-3H3. The van der Waals surface area contributed by atoms with E-state index in [1.165, 1.54) is 0 Å². The molecule has 1 fully saturated rings. The SMILES string of the molecule is Cc1nc(N(C)C2CCOC2C)ccc1CN. The second-order valence-electron chi connectivity index (χ2n) is 4.66. The van der Waals surface area contributed by atoms with Gasteiger partial charge in [0.05, 0.1) is 12.1 Å². The van der Waals surface area contributed by atoms with E-state index < -0.39 is 0 Å². The van der Waals surface area contributed by atoms with Crippen molar-refractivity contribution in [1.29, 1.82) is 0 Å². The Morgan fingerprint density at radius 3 is 2.82 bits per heavy atom. The van der Waals surface area contributed by atoms with Gasteiger partial charge in [-0.15, -0.1) is 0 Å². The van der Waals surface area contributed by atoms with Crippen molar-refractivity contribution < 1.29 is 4.74 Å². The van der Waals surface area contributed by atoms with Crippen molar-refractivity contribution in [3.63, 3.8) is 0 Å². The Hall–Kier alpha value is -1.13. The van der Waals surface area contributed by atoms with Crippen LogP contribution in [0.4, 0.5) is 5.82 Å². The van der Waals surface area contributed by atoms with Gasteiger partial charge >= 0.3 is 0 Å². The average molecular weight is 235 g/mol. The van der Waals surface area contributed by atoms with Gasteiger partial charge in [0.1, 0.15) is 5.82 Å². The van der Waals surface area contributed by atoms with Gasteiger partial charge in [-0.2, -0.15) is 0 Å². The highest BCUT2D eigenvalue weighted by molar-refractivity contribution is 5.42. The maximum atomic E-state index is 5.65. The summed E-state index contributed by atoms with van der Waals surface area (Å²) >= 11 is 0. The first-order valence-corrected chi connectivity index (χ1v) is 6.14. The molecule has 0 bridgehead atoms. The Morgan fingerprint density at radius 2 is 2.29 bits per heavy atom. The summed E-state index contributed by atoms with van der Waals surface area (Å²) in [5, 5.41) is 0. The van der Waals surface area contributed by atoms with Gasteiger partial charge in [0.2, 0.25) is 0 Å². The summed E-state index contributed by atoms with van der Waals surface area (Å²) < 4.78 is 5.59. The van der Waals surface area contributed by atoms with Crippen LogP contribution >= 0.6 is 0 Å². The van der Waals surface area contributed by atoms with Crippen molar-refractivity contribution in [2.45, 2.75) is 39.0 Å². The number of rotatable bonds is 3. The number of nitrogens with two attached hydrogens (primary N) is 1. The number of aromatic nitrogens is 1. The molecule has 2 heterocycles. The molecule has 17 heavy (non-hydrogen) atoms. The molecule has 4 heteroatoms. The predicted molar refractivity (Wildman–Crippen MR) is 69.1 cm³/mol. The second-order valence-corrected chi connectivity index (χ2v) is 4.66. The lowest BCUT2D eigenvalue weighted by Gasteiger charge is -2.28. The molecule has 0 saturated carbocycles. The van der Waals surface area contributed by atoms with Gasteiger partial charge in [0.25, 0.3) is 0 Å². The molecule has 2 unspecified atom stereocenters. The molecule has 1 aliphatic heterocycles. The summed E-state index contributed by atoms with van der Waals surface area (Å²) in [5.74, 6) is 1.00. The number of hydrogen-bond acceptors (Lipinski definition) is 4. The van der Waals surface area contributed by atoms with Gasteiger partial charge in [-0.25, -0.2) is 4.98 Å². The highest BCUT2D eigenvalue weighted by Crippen LogP contribution is 2.23. The van der Waals surface area contributed by atoms with Crippen LogP contribution in [0.3, 0.4) is 0 Å². The van der Waals surface area contributed by atoms with Crippen LogP contribution in [-0.2, 0) is 11.3 Å². The quantitative estimate of drug-likeness (QED) is 0.862. The molecule has 0 amide bonds. The average Bonchev–Trinajstić information content (AvgIpc) is 2.74. The van der Waals surface area contributed by atoms with Crippen molar-refractivity contribution in [2.75, 3.05) is 18.6 Å². The minimum Gasteiger partial charge on any atom is -0.376 e. The van der Waals surface area contributed by atoms with E-state index in [1.807, 2.05) is 13.0 Å². The Labute approximate surface area is 103 Å². The highest BCUT2D eigenvalue weighted by Gasteiger charge is 2.28. The van der Waals surface area contributed by atoms with Crippen LogP contribution in [0.25, 0.3) is 0 Å².